The maximum Gasteiger partial charge on any atom is 0.187 e. The van der Waals surface area contributed by atoms with Gasteiger partial charge in [-0.25, -0.2) is 4.98 Å². The van der Waals surface area contributed by atoms with E-state index in [4.69, 9.17) is 5.73 Å². The van der Waals surface area contributed by atoms with E-state index in [0.29, 0.717) is 5.41 Å². The summed E-state index contributed by atoms with van der Waals surface area (Å²) in [4.78, 5) is 6.74. The molecule has 0 bridgehead atoms. The van der Waals surface area contributed by atoms with Gasteiger partial charge in [-0.15, -0.1) is 0 Å². The zero-order valence-corrected chi connectivity index (χ0v) is 11.0. The number of nitrogens with zero attached hydrogens (tertiary/aromatic N) is 2. The highest BCUT2D eigenvalue weighted by atomic mass is 32.1. The van der Waals surface area contributed by atoms with Crippen molar-refractivity contribution >= 4 is 21.5 Å². The van der Waals surface area contributed by atoms with E-state index >= 15 is 0 Å². The van der Waals surface area contributed by atoms with Crippen LogP contribution in [0.5, 0.6) is 0 Å². The highest BCUT2D eigenvalue weighted by Gasteiger charge is 2.31. The summed E-state index contributed by atoms with van der Waals surface area (Å²) in [6.07, 6.45) is 6.95. The minimum atomic E-state index is 0.583. The number of aromatic nitrogens is 1. The standard InChI is InChI=1S/C12H21N3S/c1-3-12(4-2)5-7-15(8-6-12)11-14-9-10(13)16-11/h9H,3-8,13H2,1-2H3. The van der Waals surface area contributed by atoms with E-state index in [-0.39, 0.29) is 0 Å². The highest BCUT2D eigenvalue weighted by molar-refractivity contribution is 7.19. The Morgan fingerprint density at radius 1 is 1.38 bits per heavy atom. The van der Waals surface area contributed by atoms with E-state index in [1.807, 2.05) is 0 Å². The van der Waals surface area contributed by atoms with E-state index in [9.17, 15) is 0 Å². The minimum Gasteiger partial charge on any atom is -0.389 e. The molecule has 1 aliphatic rings. The van der Waals surface area contributed by atoms with E-state index in [0.717, 1.165) is 23.2 Å². The van der Waals surface area contributed by atoms with Crippen LogP contribution in [0.25, 0.3) is 0 Å². The van der Waals surface area contributed by atoms with Gasteiger partial charge in [-0.05, 0) is 18.3 Å². The molecule has 1 aromatic rings. The Hall–Kier alpha value is -0.770. The van der Waals surface area contributed by atoms with Crippen LogP contribution in [0.15, 0.2) is 6.20 Å². The van der Waals surface area contributed by atoms with Crippen LogP contribution in [0.4, 0.5) is 10.1 Å². The van der Waals surface area contributed by atoms with Gasteiger partial charge in [0.15, 0.2) is 5.13 Å². The zero-order chi connectivity index (χ0) is 11.6. The molecular weight excluding hydrogens is 218 g/mol. The highest BCUT2D eigenvalue weighted by Crippen LogP contribution is 2.39. The molecule has 0 radical (unpaired) electrons. The Bertz CT molecular complexity index is 334. The van der Waals surface area contributed by atoms with Crippen LogP contribution >= 0.6 is 11.3 Å². The van der Waals surface area contributed by atoms with Gasteiger partial charge in [0.25, 0.3) is 0 Å². The van der Waals surface area contributed by atoms with Gasteiger partial charge in [-0.1, -0.05) is 38.0 Å². The van der Waals surface area contributed by atoms with Gasteiger partial charge in [0.2, 0.25) is 0 Å². The van der Waals surface area contributed by atoms with Crippen molar-refractivity contribution in [3.05, 3.63) is 6.20 Å². The lowest BCUT2D eigenvalue weighted by molar-refractivity contribution is 0.199. The second-order valence-electron chi connectivity index (χ2n) is 4.74. The monoisotopic (exact) mass is 239 g/mol. The molecule has 0 unspecified atom stereocenters. The Balaban J connectivity index is 1.99. The molecule has 1 aliphatic heterocycles. The van der Waals surface area contributed by atoms with Crippen LogP contribution in [-0.4, -0.2) is 18.1 Å². The SMILES string of the molecule is CCC1(CC)CCN(c2ncc(N)s2)CC1. The summed E-state index contributed by atoms with van der Waals surface area (Å²) in [7, 11) is 0. The quantitative estimate of drug-likeness (QED) is 0.881. The number of rotatable bonds is 3. The van der Waals surface area contributed by atoms with Crippen molar-refractivity contribution in [1.82, 2.24) is 4.98 Å². The first-order valence-corrected chi connectivity index (χ1v) is 6.97. The van der Waals surface area contributed by atoms with Crippen LogP contribution in [0.3, 0.4) is 0 Å². The summed E-state index contributed by atoms with van der Waals surface area (Å²) in [6.45, 7) is 6.91. The van der Waals surface area contributed by atoms with Crippen molar-refractivity contribution in [3.8, 4) is 0 Å². The molecule has 1 fully saturated rings. The molecule has 0 spiro atoms. The van der Waals surface area contributed by atoms with E-state index in [2.05, 4.69) is 23.7 Å². The number of anilines is 2. The smallest absolute Gasteiger partial charge is 0.187 e. The van der Waals surface area contributed by atoms with Crippen molar-refractivity contribution in [2.75, 3.05) is 23.7 Å². The fourth-order valence-corrected chi connectivity index (χ4v) is 3.29. The molecule has 0 aliphatic carbocycles. The van der Waals surface area contributed by atoms with Crippen LogP contribution in [-0.2, 0) is 0 Å². The maximum atomic E-state index is 5.72. The van der Waals surface area contributed by atoms with Crippen LogP contribution in [0.1, 0.15) is 39.5 Å². The topological polar surface area (TPSA) is 42.2 Å². The predicted molar refractivity (Wildman–Crippen MR) is 71.0 cm³/mol. The van der Waals surface area contributed by atoms with Gasteiger partial charge in [0, 0.05) is 13.1 Å². The van der Waals surface area contributed by atoms with Crippen molar-refractivity contribution in [1.29, 1.82) is 0 Å². The fraction of sp³-hybridized carbons (Fsp3) is 0.750. The van der Waals surface area contributed by atoms with Crippen LogP contribution in [0, 0.1) is 5.41 Å². The van der Waals surface area contributed by atoms with E-state index in [1.165, 1.54) is 25.7 Å². The molecule has 3 nitrogen and oxygen atoms in total. The first kappa shape index (κ1) is 11.7. The van der Waals surface area contributed by atoms with Gasteiger partial charge >= 0.3 is 0 Å². The number of nitrogens with two attached hydrogens (primary N) is 1. The number of nitrogen functional groups attached to an aromatic ring is 1. The summed E-state index contributed by atoms with van der Waals surface area (Å²) in [5.74, 6) is 0. The molecule has 4 heteroatoms. The van der Waals surface area contributed by atoms with Gasteiger partial charge in [0.1, 0.15) is 5.00 Å². The molecule has 1 saturated heterocycles. The second kappa shape index (κ2) is 4.62. The van der Waals surface area contributed by atoms with E-state index in [1.54, 1.807) is 17.5 Å². The predicted octanol–water partition coefficient (Wildman–Crippen LogP) is 3.13. The Kier molecular flexibility index (Phi) is 3.38. The molecular formula is C12H21N3S. The summed E-state index contributed by atoms with van der Waals surface area (Å²) in [5, 5.41) is 1.91. The largest absolute Gasteiger partial charge is 0.389 e. The average Bonchev–Trinajstić information content (AvgIpc) is 2.76. The van der Waals surface area contributed by atoms with Gasteiger partial charge in [-0.3, -0.25) is 0 Å². The number of hydrogen-bond donors (Lipinski definition) is 1. The Morgan fingerprint density at radius 3 is 2.44 bits per heavy atom. The number of hydrogen-bond acceptors (Lipinski definition) is 4. The average molecular weight is 239 g/mol. The third kappa shape index (κ3) is 2.17. The van der Waals surface area contributed by atoms with Crippen molar-refractivity contribution in [3.63, 3.8) is 0 Å². The van der Waals surface area contributed by atoms with E-state index < -0.39 is 0 Å². The molecule has 2 N–H and O–H groups in total. The normalized spacial score (nSPS) is 20.0. The minimum absolute atomic E-state index is 0.583. The molecule has 0 saturated carbocycles. The van der Waals surface area contributed by atoms with Crippen molar-refractivity contribution in [2.24, 2.45) is 5.41 Å². The summed E-state index contributed by atoms with van der Waals surface area (Å²) >= 11 is 1.60. The molecule has 90 valence electrons. The lowest BCUT2D eigenvalue weighted by Crippen LogP contribution is -2.39. The van der Waals surface area contributed by atoms with Crippen LogP contribution in [0.2, 0.25) is 0 Å². The molecule has 1 aromatic heterocycles. The second-order valence-corrected chi connectivity index (χ2v) is 5.78. The Morgan fingerprint density at radius 2 is 2.00 bits per heavy atom. The summed E-state index contributed by atoms with van der Waals surface area (Å²) in [5.41, 5.74) is 6.30. The molecule has 2 heterocycles. The first-order valence-electron chi connectivity index (χ1n) is 6.15. The van der Waals surface area contributed by atoms with Crippen molar-refractivity contribution in [2.45, 2.75) is 39.5 Å². The summed E-state index contributed by atoms with van der Waals surface area (Å²) < 4.78 is 0. The summed E-state index contributed by atoms with van der Waals surface area (Å²) in [6, 6.07) is 0. The number of thiazole rings is 1. The van der Waals surface area contributed by atoms with Gasteiger partial charge < -0.3 is 10.6 Å². The van der Waals surface area contributed by atoms with Gasteiger partial charge in [-0.2, -0.15) is 0 Å². The third-order valence-electron chi connectivity index (χ3n) is 4.11. The molecule has 2 rings (SSSR count). The third-order valence-corrected chi connectivity index (χ3v) is 4.99. The Labute approximate surface area is 102 Å². The maximum absolute atomic E-state index is 5.72. The molecule has 0 atom stereocenters. The molecule has 0 aromatic carbocycles. The van der Waals surface area contributed by atoms with Gasteiger partial charge in [0.05, 0.1) is 6.20 Å². The fourth-order valence-electron chi connectivity index (χ4n) is 2.55. The van der Waals surface area contributed by atoms with Crippen LogP contribution < -0.4 is 10.6 Å². The van der Waals surface area contributed by atoms with Crippen molar-refractivity contribution < 1.29 is 0 Å². The first-order chi connectivity index (χ1) is 7.69. The zero-order valence-electron chi connectivity index (χ0n) is 10.2. The molecule has 0 amide bonds. The number of piperidine rings is 1. The lowest BCUT2D eigenvalue weighted by Gasteiger charge is -2.40. The lowest BCUT2D eigenvalue weighted by atomic mass is 9.74. The molecule has 16 heavy (non-hydrogen) atoms.